The number of benzene rings is 2. The summed E-state index contributed by atoms with van der Waals surface area (Å²) >= 11 is 8.38. The lowest BCUT2D eigenvalue weighted by atomic mass is 9.83. The normalized spacial score (nSPS) is 17.1. The molecule has 0 aliphatic heterocycles. The first-order valence-electron chi connectivity index (χ1n) is 6.96. The van der Waals surface area contributed by atoms with Crippen LogP contribution >= 0.6 is 34.2 Å². The minimum Gasteiger partial charge on any atom is -0.325 e. The van der Waals surface area contributed by atoms with E-state index in [0.717, 1.165) is 22.8 Å². The van der Waals surface area contributed by atoms with Gasteiger partial charge in [0.2, 0.25) is 5.91 Å². The molecule has 2 aromatic rings. The maximum absolute atomic E-state index is 12.4. The van der Waals surface area contributed by atoms with Crippen molar-refractivity contribution in [1.29, 1.82) is 0 Å². The lowest BCUT2D eigenvalue weighted by Gasteiger charge is -2.24. The number of nitrogens with one attached hydrogen (secondary N) is 1. The molecule has 21 heavy (non-hydrogen) atoms. The number of carbonyl (C=O) groups is 1. The number of rotatable bonds is 2. The van der Waals surface area contributed by atoms with Crippen LogP contribution in [0.2, 0.25) is 5.02 Å². The maximum Gasteiger partial charge on any atom is 0.227 e. The van der Waals surface area contributed by atoms with Crippen molar-refractivity contribution < 1.29 is 4.79 Å². The first kappa shape index (κ1) is 14.9. The van der Waals surface area contributed by atoms with Gasteiger partial charge in [-0.05, 0) is 71.2 Å². The predicted octanol–water partition coefficient (Wildman–Crippen LogP) is 4.69. The van der Waals surface area contributed by atoms with Crippen molar-refractivity contribution in [2.45, 2.75) is 19.3 Å². The van der Waals surface area contributed by atoms with Gasteiger partial charge in [-0.2, -0.15) is 0 Å². The molecule has 0 radical (unpaired) electrons. The van der Waals surface area contributed by atoms with E-state index in [1.807, 2.05) is 24.3 Å². The van der Waals surface area contributed by atoms with E-state index in [9.17, 15) is 4.79 Å². The first-order valence-corrected chi connectivity index (χ1v) is 8.42. The molecule has 4 heteroatoms. The van der Waals surface area contributed by atoms with E-state index in [2.05, 4.69) is 46.1 Å². The van der Waals surface area contributed by atoms with E-state index in [0.29, 0.717) is 10.7 Å². The minimum atomic E-state index is 0.0234. The number of hydrogen-bond donors (Lipinski definition) is 1. The Bertz CT molecular complexity index is 686. The summed E-state index contributed by atoms with van der Waals surface area (Å²) in [6.45, 7) is 0. The smallest absolute Gasteiger partial charge is 0.227 e. The second-order valence-corrected chi connectivity index (χ2v) is 6.97. The van der Waals surface area contributed by atoms with Crippen molar-refractivity contribution in [2.75, 3.05) is 5.32 Å². The molecule has 1 unspecified atom stereocenters. The molecular weight excluding hydrogens is 397 g/mol. The molecule has 0 fully saturated rings. The Hall–Kier alpha value is -1.07. The van der Waals surface area contributed by atoms with E-state index in [-0.39, 0.29) is 11.8 Å². The summed E-state index contributed by atoms with van der Waals surface area (Å²) in [6, 6.07) is 14.0. The molecule has 3 rings (SSSR count). The van der Waals surface area contributed by atoms with Gasteiger partial charge in [-0.15, -0.1) is 0 Å². The zero-order valence-corrected chi connectivity index (χ0v) is 14.3. The third kappa shape index (κ3) is 3.40. The molecule has 0 spiro atoms. The fraction of sp³-hybridized carbons (Fsp3) is 0.235. The summed E-state index contributed by atoms with van der Waals surface area (Å²) in [4.78, 5) is 12.4. The van der Waals surface area contributed by atoms with Crippen LogP contribution in [0.15, 0.2) is 42.5 Å². The number of fused-ring (bicyclic) bond motifs is 1. The molecule has 1 N–H and O–H groups in total. The number of hydrogen-bond acceptors (Lipinski definition) is 1. The van der Waals surface area contributed by atoms with E-state index in [1.165, 1.54) is 11.1 Å². The van der Waals surface area contributed by atoms with Crippen molar-refractivity contribution in [3.05, 3.63) is 62.2 Å². The van der Waals surface area contributed by atoms with Crippen molar-refractivity contribution in [3.8, 4) is 0 Å². The number of halogens is 2. The van der Waals surface area contributed by atoms with E-state index < -0.39 is 0 Å². The van der Waals surface area contributed by atoms with Crippen LogP contribution in [0.1, 0.15) is 17.5 Å². The summed E-state index contributed by atoms with van der Waals surface area (Å²) in [5.41, 5.74) is 3.35. The van der Waals surface area contributed by atoms with Crippen molar-refractivity contribution >= 4 is 45.8 Å². The molecule has 1 amide bonds. The van der Waals surface area contributed by atoms with Crippen LogP contribution in [-0.2, 0) is 17.6 Å². The quantitative estimate of drug-likeness (QED) is 0.714. The summed E-state index contributed by atoms with van der Waals surface area (Å²) in [6.07, 6.45) is 2.67. The highest BCUT2D eigenvalue weighted by molar-refractivity contribution is 14.1. The topological polar surface area (TPSA) is 29.1 Å². The highest BCUT2D eigenvalue weighted by Gasteiger charge is 2.24. The van der Waals surface area contributed by atoms with Gasteiger partial charge in [0.05, 0.1) is 10.7 Å². The van der Waals surface area contributed by atoms with Crippen LogP contribution in [0.25, 0.3) is 0 Å². The van der Waals surface area contributed by atoms with E-state index in [1.54, 1.807) is 0 Å². The molecule has 2 aromatic carbocycles. The van der Waals surface area contributed by atoms with Gasteiger partial charge in [-0.1, -0.05) is 35.9 Å². The van der Waals surface area contributed by atoms with E-state index >= 15 is 0 Å². The maximum atomic E-state index is 12.4. The molecule has 2 nitrogen and oxygen atoms in total. The molecular formula is C17H15ClINO. The molecule has 108 valence electrons. The predicted molar refractivity (Wildman–Crippen MR) is 94.8 cm³/mol. The summed E-state index contributed by atoms with van der Waals surface area (Å²) in [5, 5.41) is 3.55. The van der Waals surface area contributed by atoms with Gasteiger partial charge >= 0.3 is 0 Å². The standard InChI is InChI=1S/C17H15ClINO/c18-15-10-14(19)7-8-16(15)20-17(21)13-6-5-11-3-1-2-4-12(11)9-13/h1-4,7-8,10,13H,5-6,9H2,(H,20,21). The Balaban J connectivity index is 1.72. The van der Waals surface area contributed by atoms with Crippen molar-refractivity contribution in [2.24, 2.45) is 5.92 Å². The summed E-state index contributed by atoms with van der Waals surface area (Å²) in [7, 11) is 0. The van der Waals surface area contributed by atoms with Gasteiger partial charge in [0, 0.05) is 9.49 Å². The largest absolute Gasteiger partial charge is 0.325 e. The summed E-state index contributed by atoms with van der Waals surface area (Å²) < 4.78 is 1.06. The van der Waals surface area contributed by atoms with Crippen LogP contribution in [0.5, 0.6) is 0 Å². The lowest BCUT2D eigenvalue weighted by Crippen LogP contribution is -2.28. The number of carbonyl (C=O) groups excluding carboxylic acids is 1. The number of amides is 1. The van der Waals surface area contributed by atoms with Crippen LogP contribution < -0.4 is 5.32 Å². The van der Waals surface area contributed by atoms with Gasteiger partial charge < -0.3 is 5.32 Å². The SMILES string of the molecule is O=C(Nc1ccc(I)cc1Cl)C1CCc2ccccc2C1. The number of anilines is 1. The Morgan fingerprint density at radius 2 is 1.95 bits per heavy atom. The zero-order chi connectivity index (χ0) is 14.8. The van der Waals surface area contributed by atoms with E-state index in [4.69, 9.17) is 11.6 Å². The van der Waals surface area contributed by atoms with Crippen molar-refractivity contribution in [1.82, 2.24) is 0 Å². The molecule has 0 heterocycles. The third-order valence-electron chi connectivity index (χ3n) is 3.91. The van der Waals surface area contributed by atoms with Crippen LogP contribution in [-0.4, -0.2) is 5.91 Å². The minimum absolute atomic E-state index is 0.0234. The van der Waals surface area contributed by atoms with Crippen LogP contribution in [0.3, 0.4) is 0 Å². The molecule has 1 aliphatic carbocycles. The monoisotopic (exact) mass is 411 g/mol. The van der Waals surface area contributed by atoms with Crippen molar-refractivity contribution in [3.63, 3.8) is 0 Å². The highest BCUT2D eigenvalue weighted by atomic mass is 127. The molecule has 0 saturated carbocycles. The molecule has 0 aromatic heterocycles. The second-order valence-electron chi connectivity index (χ2n) is 5.32. The Labute approximate surface area is 143 Å². The lowest BCUT2D eigenvalue weighted by molar-refractivity contribution is -0.120. The van der Waals surface area contributed by atoms with Gasteiger partial charge in [0.15, 0.2) is 0 Å². The average Bonchev–Trinajstić information content (AvgIpc) is 2.49. The first-order chi connectivity index (χ1) is 10.1. The molecule has 0 saturated heterocycles. The van der Waals surface area contributed by atoms with Gasteiger partial charge in [-0.3, -0.25) is 4.79 Å². The molecule has 1 atom stereocenters. The zero-order valence-electron chi connectivity index (χ0n) is 11.4. The average molecular weight is 412 g/mol. The summed E-state index contributed by atoms with van der Waals surface area (Å²) in [5.74, 6) is 0.0860. The highest BCUT2D eigenvalue weighted by Crippen LogP contribution is 2.28. The Morgan fingerprint density at radius 1 is 1.19 bits per heavy atom. The fourth-order valence-corrected chi connectivity index (χ4v) is 3.65. The van der Waals surface area contributed by atoms with Gasteiger partial charge in [0.1, 0.15) is 0 Å². The molecule has 1 aliphatic rings. The van der Waals surface area contributed by atoms with Crippen LogP contribution in [0, 0.1) is 9.49 Å². The van der Waals surface area contributed by atoms with Gasteiger partial charge in [0.25, 0.3) is 0 Å². The van der Waals surface area contributed by atoms with Crippen LogP contribution in [0.4, 0.5) is 5.69 Å². The fourth-order valence-electron chi connectivity index (χ4n) is 2.75. The second kappa shape index (κ2) is 6.36. The number of aryl methyl sites for hydroxylation is 1. The Kier molecular flexibility index (Phi) is 4.50. The van der Waals surface area contributed by atoms with Gasteiger partial charge in [-0.25, -0.2) is 0 Å². The Morgan fingerprint density at radius 3 is 2.71 bits per heavy atom. The molecule has 0 bridgehead atoms. The third-order valence-corrected chi connectivity index (χ3v) is 4.89.